The van der Waals surface area contributed by atoms with Gasteiger partial charge in [-0.15, -0.1) is 0 Å². The molecule has 1 heterocycles. The predicted molar refractivity (Wildman–Crippen MR) is 65.4 cm³/mol. The van der Waals surface area contributed by atoms with Crippen molar-refractivity contribution in [3.8, 4) is 5.75 Å². The molecule has 3 heteroatoms. The molecule has 0 N–H and O–H groups in total. The molecule has 1 aromatic rings. The smallest absolute Gasteiger partial charge is 0.138 e. The number of ether oxygens (including phenoxy) is 2. The topological polar surface area (TPSA) is 18.5 Å². The average Bonchev–Trinajstić information content (AvgIpc) is 2.73. The molecule has 0 spiro atoms. The highest BCUT2D eigenvalue weighted by Crippen LogP contribution is 2.30. The molecule has 2 rings (SSSR count). The minimum atomic E-state index is 0.155. The Morgan fingerprint density at radius 1 is 1.44 bits per heavy atom. The standard InChI is InChI=1S/C13H17ClO2/c1-9(2)10-3-4-13(12(14)7-10)16-11-5-6-15-8-11/h3-4,7,9,11H,5-6,8H2,1-2H3/t11-/m1/s1. The van der Waals surface area contributed by atoms with Crippen LogP contribution in [0.5, 0.6) is 5.75 Å². The van der Waals surface area contributed by atoms with Gasteiger partial charge in [0.2, 0.25) is 0 Å². The maximum atomic E-state index is 6.19. The van der Waals surface area contributed by atoms with Crippen LogP contribution in [0.3, 0.4) is 0 Å². The van der Waals surface area contributed by atoms with Crippen molar-refractivity contribution in [2.24, 2.45) is 0 Å². The van der Waals surface area contributed by atoms with Crippen LogP contribution in [0.25, 0.3) is 0 Å². The van der Waals surface area contributed by atoms with Gasteiger partial charge in [-0.1, -0.05) is 31.5 Å². The normalized spacial score (nSPS) is 20.4. The molecule has 1 aromatic carbocycles. The van der Waals surface area contributed by atoms with E-state index in [0.29, 0.717) is 17.5 Å². The molecule has 1 aliphatic rings. The summed E-state index contributed by atoms with van der Waals surface area (Å²) in [6.45, 7) is 5.75. The average molecular weight is 241 g/mol. The maximum Gasteiger partial charge on any atom is 0.138 e. The molecule has 1 aliphatic heterocycles. The molecule has 2 nitrogen and oxygen atoms in total. The summed E-state index contributed by atoms with van der Waals surface area (Å²) in [6.07, 6.45) is 1.10. The Balaban J connectivity index is 2.09. The lowest BCUT2D eigenvalue weighted by atomic mass is 10.0. The first-order valence-electron chi connectivity index (χ1n) is 5.70. The zero-order valence-electron chi connectivity index (χ0n) is 9.70. The molecule has 0 saturated carbocycles. The van der Waals surface area contributed by atoms with E-state index in [1.54, 1.807) is 0 Å². The van der Waals surface area contributed by atoms with E-state index in [0.717, 1.165) is 18.8 Å². The molecular weight excluding hydrogens is 224 g/mol. The Bertz CT molecular complexity index is 357. The second kappa shape index (κ2) is 5.07. The van der Waals surface area contributed by atoms with Crippen molar-refractivity contribution in [1.29, 1.82) is 0 Å². The van der Waals surface area contributed by atoms with Crippen molar-refractivity contribution in [3.63, 3.8) is 0 Å². The van der Waals surface area contributed by atoms with E-state index in [9.17, 15) is 0 Å². The number of halogens is 1. The molecule has 16 heavy (non-hydrogen) atoms. The van der Waals surface area contributed by atoms with E-state index in [2.05, 4.69) is 19.9 Å². The third-order valence-corrected chi connectivity index (χ3v) is 3.10. The molecule has 1 atom stereocenters. The van der Waals surface area contributed by atoms with Crippen LogP contribution in [-0.4, -0.2) is 19.3 Å². The molecule has 0 radical (unpaired) electrons. The molecule has 1 fully saturated rings. The molecule has 0 aromatic heterocycles. The lowest BCUT2D eigenvalue weighted by Gasteiger charge is -2.14. The number of hydrogen-bond acceptors (Lipinski definition) is 2. The fourth-order valence-corrected chi connectivity index (χ4v) is 1.99. The molecule has 0 aliphatic carbocycles. The van der Waals surface area contributed by atoms with Crippen LogP contribution in [0.4, 0.5) is 0 Å². The summed E-state index contributed by atoms with van der Waals surface area (Å²) < 4.78 is 11.0. The fourth-order valence-electron chi connectivity index (χ4n) is 1.76. The lowest BCUT2D eigenvalue weighted by Crippen LogP contribution is -2.15. The fraction of sp³-hybridized carbons (Fsp3) is 0.538. The van der Waals surface area contributed by atoms with E-state index < -0.39 is 0 Å². The number of hydrogen-bond donors (Lipinski definition) is 0. The summed E-state index contributed by atoms with van der Waals surface area (Å²) in [7, 11) is 0. The quantitative estimate of drug-likeness (QED) is 0.803. The van der Waals surface area contributed by atoms with Crippen LogP contribution in [-0.2, 0) is 4.74 Å². The van der Waals surface area contributed by atoms with E-state index >= 15 is 0 Å². The molecule has 88 valence electrons. The summed E-state index contributed by atoms with van der Waals surface area (Å²) in [6, 6.07) is 6.01. The second-order valence-electron chi connectivity index (χ2n) is 4.45. The van der Waals surface area contributed by atoms with Crippen LogP contribution in [0.15, 0.2) is 18.2 Å². The van der Waals surface area contributed by atoms with Crippen LogP contribution >= 0.6 is 11.6 Å². The summed E-state index contributed by atoms with van der Waals surface area (Å²) >= 11 is 6.19. The van der Waals surface area contributed by atoms with Gasteiger partial charge in [-0.2, -0.15) is 0 Å². The Morgan fingerprint density at radius 2 is 2.25 bits per heavy atom. The van der Waals surface area contributed by atoms with Crippen molar-refractivity contribution in [3.05, 3.63) is 28.8 Å². The molecule has 0 amide bonds. The van der Waals surface area contributed by atoms with Gasteiger partial charge in [-0.3, -0.25) is 0 Å². The van der Waals surface area contributed by atoms with E-state index in [-0.39, 0.29) is 6.10 Å². The van der Waals surface area contributed by atoms with Crippen molar-refractivity contribution in [2.75, 3.05) is 13.2 Å². The van der Waals surface area contributed by atoms with Gasteiger partial charge in [-0.25, -0.2) is 0 Å². The third-order valence-electron chi connectivity index (χ3n) is 2.80. The van der Waals surface area contributed by atoms with Gasteiger partial charge in [0.1, 0.15) is 11.9 Å². The van der Waals surface area contributed by atoms with E-state index in [1.807, 2.05) is 12.1 Å². The largest absolute Gasteiger partial charge is 0.486 e. The number of rotatable bonds is 3. The lowest BCUT2D eigenvalue weighted by molar-refractivity contribution is 0.141. The van der Waals surface area contributed by atoms with E-state index in [1.165, 1.54) is 5.56 Å². The van der Waals surface area contributed by atoms with Crippen LogP contribution in [0.1, 0.15) is 31.7 Å². The monoisotopic (exact) mass is 240 g/mol. The first kappa shape index (κ1) is 11.7. The zero-order chi connectivity index (χ0) is 11.5. The summed E-state index contributed by atoms with van der Waals surface area (Å²) in [5, 5.41) is 0.693. The minimum Gasteiger partial charge on any atom is -0.486 e. The SMILES string of the molecule is CC(C)c1ccc(O[C@@H]2CCOC2)c(Cl)c1. The van der Waals surface area contributed by atoms with Crippen LogP contribution in [0, 0.1) is 0 Å². The van der Waals surface area contributed by atoms with Gasteiger partial charge >= 0.3 is 0 Å². The summed E-state index contributed by atoms with van der Waals surface area (Å²) in [5.74, 6) is 1.25. The van der Waals surface area contributed by atoms with Gasteiger partial charge in [0.25, 0.3) is 0 Å². The first-order valence-corrected chi connectivity index (χ1v) is 6.08. The van der Waals surface area contributed by atoms with Gasteiger partial charge in [0, 0.05) is 6.42 Å². The van der Waals surface area contributed by atoms with Crippen molar-refractivity contribution < 1.29 is 9.47 Å². The van der Waals surface area contributed by atoms with Crippen molar-refractivity contribution in [1.82, 2.24) is 0 Å². The second-order valence-corrected chi connectivity index (χ2v) is 4.86. The molecule has 1 saturated heterocycles. The molecule has 0 unspecified atom stereocenters. The highest BCUT2D eigenvalue weighted by molar-refractivity contribution is 6.32. The first-order chi connectivity index (χ1) is 7.66. The highest BCUT2D eigenvalue weighted by atomic mass is 35.5. The molecular formula is C13H17ClO2. The van der Waals surface area contributed by atoms with Gasteiger partial charge in [0.15, 0.2) is 0 Å². The predicted octanol–water partition coefficient (Wildman–Crippen LogP) is 3.63. The van der Waals surface area contributed by atoms with Crippen LogP contribution < -0.4 is 4.74 Å². The number of benzene rings is 1. The highest BCUT2D eigenvalue weighted by Gasteiger charge is 2.18. The van der Waals surface area contributed by atoms with Crippen molar-refractivity contribution >= 4 is 11.6 Å². The van der Waals surface area contributed by atoms with Crippen molar-refractivity contribution in [2.45, 2.75) is 32.3 Å². The Morgan fingerprint density at radius 3 is 2.81 bits per heavy atom. The Hall–Kier alpha value is -0.730. The van der Waals surface area contributed by atoms with Crippen LogP contribution in [0.2, 0.25) is 5.02 Å². The summed E-state index contributed by atoms with van der Waals surface area (Å²) in [5.41, 5.74) is 1.24. The molecule has 0 bridgehead atoms. The van der Waals surface area contributed by atoms with Gasteiger partial charge in [0.05, 0.1) is 18.2 Å². The zero-order valence-corrected chi connectivity index (χ0v) is 10.5. The minimum absolute atomic E-state index is 0.155. The summed E-state index contributed by atoms with van der Waals surface area (Å²) in [4.78, 5) is 0. The van der Waals surface area contributed by atoms with E-state index in [4.69, 9.17) is 21.1 Å². The maximum absolute atomic E-state index is 6.19. The van der Waals surface area contributed by atoms with Gasteiger partial charge in [-0.05, 0) is 23.6 Å². The Labute approximate surface area is 102 Å². The van der Waals surface area contributed by atoms with Gasteiger partial charge < -0.3 is 9.47 Å². The third kappa shape index (κ3) is 2.69. The Kier molecular flexibility index (Phi) is 3.72.